The molecule has 0 aromatic carbocycles. The standard InChI is InChI=1S/C32H62N6O7Si3.C22H40N6O5Si.C17H27N3O2.C14H25N3O2.2C4H10.2C3H8.4CH4/c1-22(42-46(10,11)12)27-28(23(2)43-47(13,14)15)45-48(39-9,44-27)17-16-37-18-24(35-36-37)19-38(29-33-25(20-40-29)31(3,4)5)30-34-26(21-41-30)32(6,7)8;1-21(2,3)17-14-32-19(23-17)28(20-24-18(15-33-20)22(4,5)6)13-16-12-27(26-25-16)10-11-34(29-7,30-8)31-9;1-8-9-20(14-18-12(10-21-14)16(2,3)4)15-19-13(11-22-15)17(5,6)7;1-13(2,3)9-7-18-11(15-9)17-12-16-10(8-19-12)14(4,5)6;2*1-3-4-2;2*1-3-2;;;;/h18,22-23,25-28H,16-17,19-21H2,1-15H3;12,17-18H,10-11,13-15H2,1-9H3;1,12-13H,9-11H2,2-7H3;9-10H,7-8H2,1-6H3,(H,15,16,17);2*3-4H2,1-2H3;2*3H2,1-2H3;4*1H4/t22?,23?,25-,26-,27?,28?,48?;17-,18-;12-,13-;9-,10-;;;;;;;;/m1111......../s1. The lowest BCUT2D eigenvalue weighted by Crippen LogP contribution is -2.47. The summed E-state index contributed by atoms with van der Waals surface area (Å²) in [5.74, 6) is 2.63. The number of terminal acetylenes is 1. The van der Waals surface area contributed by atoms with E-state index in [-0.39, 0.29) is 146 Å². The van der Waals surface area contributed by atoms with Crippen molar-refractivity contribution in [3.05, 3.63) is 23.8 Å². The Morgan fingerprint density at radius 2 is 0.638 bits per heavy atom. The van der Waals surface area contributed by atoms with E-state index in [0.29, 0.717) is 146 Å². The highest BCUT2D eigenvalue weighted by Gasteiger charge is 2.57. The topological polar surface area (TPSA) is 330 Å². The monoisotopic (exact) mass is 2060 g/mol. The summed E-state index contributed by atoms with van der Waals surface area (Å²) < 4.78 is 99.6. The van der Waals surface area contributed by atoms with Gasteiger partial charge in [0.1, 0.15) is 76.5 Å². The summed E-state index contributed by atoms with van der Waals surface area (Å²) in [5.41, 5.74) is 1.70. The lowest BCUT2D eigenvalue weighted by Gasteiger charge is -2.34. The number of unbranched alkanes of at least 4 members (excludes halogenated alkanes) is 2. The van der Waals surface area contributed by atoms with Crippen LogP contribution in [0, 0.1) is 55.7 Å². The predicted octanol–water partition coefficient (Wildman–Crippen LogP) is 21.8. The van der Waals surface area contributed by atoms with Crippen molar-refractivity contribution < 1.29 is 73.3 Å². The Morgan fingerprint density at radius 1 is 0.397 bits per heavy atom. The average molecular weight is 2070 g/mol. The number of hydrogen-bond donors (Lipinski definition) is 1. The number of ether oxygens (including phenoxy) is 8. The van der Waals surface area contributed by atoms with Gasteiger partial charge in [-0.3, -0.25) is 14.7 Å². The molecule has 11 heterocycles. The molecule has 2 aromatic rings. The maximum atomic E-state index is 6.75. The van der Waals surface area contributed by atoms with Crippen LogP contribution in [-0.2, 0) is 99.5 Å². The van der Waals surface area contributed by atoms with Crippen molar-refractivity contribution in [2.75, 3.05) is 87.8 Å². The summed E-state index contributed by atoms with van der Waals surface area (Å²) >= 11 is 0. The minimum atomic E-state index is -3.11. The molecule has 1 N–H and O–H groups in total. The van der Waals surface area contributed by atoms with E-state index in [2.05, 4.69) is 327 Å². The first-order chi connectivity index (χ1) is 63.3. The van der Waals surface area contributed by atoms with Crippen LogP contribution >= 0.6 is 0 Å². The maximum Gasteiger partial charge on any atom is 0.503 e. The number of nitrogens with zero attached hydrogens (tertiary/aromatic N) is 17. The van der Waals surface area contributed by atoms with Crippen molar-refractivity contribution >= 4 is 82.4 Å². The first-order valence-corrected chi connectivity index (χ1v) is 60.9. The Labute approximate surface area is 862 Å². The van der Waals surface area contributed by atoms with Gasteiger partial charge >= 0.3 is 17.6 Å². The third-order valence-electron chi connectivity index (χ3n) is 23.3. The van der Waals surface area contributed by atoms with Gasteiger partial charge in [-0.15, -0.1) is 16.6 Å². The van der Waals surface area contributed by atoms with Crippen LogP contribution < -0.4 is 5.32 Å². The molecule has 0 radical (unpaired) electrons. The van der Waals surface area contributed by atoms with E-state index in [1.807, 2.05) is 26.9 Å². The molecule has 1 saturated heterocycles. The summed E-state index contributed by atoms with van der Waals surface area (Å²) in [6, 6.07) is 5.93. The lowest BCUT2D eigenvalue weighted by atomic mass is 9.88. The number of hydrogen-bond acceptors (Lipinski definition) is 32. The van der Waals surface area contributed by atoms with Gasteiger partial charge in [0.25, 0.3) is 48.2 Å². The Balaban J connectivity index is 0.00000184. The van der Waals surface area contributed by atoms with Crippen LogP contribution in [0.5, 0.6) is 0 Å². The van der Waals surface area contributed by atoms with Gasteiger partial charge in [-0.05, 0) is 96.4 Å². The maximum absolute atomic E-state index is 6.75. The highest BCUT2D eigenvalue weighted by atomic mass is 28.4. The molecule has 4 unspecified atom stereocenters. The number of aryl methyl sites for hydroxylation is 2. The molecule has 11 rings (SSSR count). The first-order valence-electron chi connectivity index (χ1n) is 50.2. The van der Waals surface area contributed by atoms with Crippen molar-refractivity contribution in [3.63, 3.8) is 0 Å². The molecule has 0 bridgehead atoms. The molecule has 9 aliphatic heterocycles. The van der Waals surface area contributed by atoms with Crippen molar-refractivity contribution in [1.29, 1.82) is 0 Å². The molecular formula is C103H206N18O16Si4. The second kappa shape index (κ2) is 58.8. The van der Waals surface area contributed by atoms with Crippen LogP contribution in [0.2, 0.25) is 51.4 Å². The summed E-state index contributed by atoms with van der Waals surface area (Å²) in [4.78, 5) is 43.5. The normalized spacial score (nSPS) is 23.0. The summed E-state index contributed by atoms with van der Waals surface area (Å²) in [6.07, 6.45) is 16.1. The van der Waals surface area contributed by atoms with Crippen molar-refractivity contribution in [3.8, 4) is 12.3 Å². The number of aromatic nitrogens is 6. The van der Waals surface area contributed by atoms with Gasteiger partial charge in [-0.2, -0.15) is 0 Å². The Morgan fingerprint density at radius 3 is 0.851 bits per heavy atom. The minimum absolute atomic E-state index is 0. The third-order valence-corrected chi connectivity index (χ3v) is 30.9. The van der Waals surface area contributed by atoms with Crippen LogP contribution in [0.25, 0.3) is 0 Å². The first kappa shape index (κ1) is 134. The van der Waals surface area contributed by atoms with E-state index in [9.17, 15) is 0 Å². The molecule has 12 atom stereocenters. The van der Waals surface area contributed by atoms with E-state index in [4.69, 9.17) is 99.7 Å². The Hall–Kier alpha value is -6.65. The molecule has 0 spiro atoms. The average Bonchev–Trinajstić information content (AvgIpc) is 1.63. The minimum Gasteiger partial charge on any atom is -0.463 e. The number of amidine groups is 8. The molecule has 0 aliphatic carbocycles. The predicted molar refractivity (Wildman–Crippen MR) is 590 cm³/mol. The van der Waals surface area contributed by atoms with Gasteiger partial charge in [0.05, 0.1) is 92.6 Å². The van der Waals surface area contributed by atoms with Gasteiger partial charge in [0.15, 0.2) is 16.6 Å². The zero-order valence-electron chi connectivity index (χ0n) is 93.6. The zero-order valence-corrected chi connectivity index (χ0v) is 97.6. The summed E-state index contributed by atoms with van der Waals surface area (Å²) in [7, 11) is -3.01. The van der Waals surface area contributed by atoms with Crippen molar-refractivity contribution in [2.24, 2.45) is 83.3 Å². The molecule has 38 heteroatoms. The summed E-state index contributed by atoms with van der Waals surface area (Å²) in [6.45, 7) is 92.8. The highest BCUT2D eigenvalue weighted by molar-refractivity contribution is 6.70. The molecule has 0 saturated carbocycles. The third kappa shape index (κ3) is 44.1. The van der Waals surface area contributed by atoms with Crippen LogP contribution in [0.15, 0.2) is 52.3 Å². The fraction of sp³-hybridized carbons (Fsp3) is 0.864. The van der Waals surface area contributed by atoms with Crippen molar-refractivity contribution in [1.82, 2.24) is 50.0 Å². The van der Waals surface area contributed by atoms with Crippen LogP contribution in [-0.4, -0.2) is 288 Å². The SMILES string of the molecule is C.C.C.C.C#CCN(C1=N[C@@H](C(C)(C)C)CO1)C1=N[C@@H](C(C)(C)C)CO1.CC(C)(C)[C@H]1COC(NC2=N[C@@H](C(C)(C)C)CO2)=N1.CCC.CCC.CCCC.CCCC.CO[Si](CCn1cc(CN(C2=N[C@@H](C(C)(C)C)CO2)C2=N[C@@H](C(C)(C)C)CO2)nn1)(OC)OC.CO[Si]1(CCn2cc(CN(C3=N[C@@H](C(C)(C)C)CO3)C3=N[C@@H](C(C)(C)C)CO3)nn2)OC(C(C)O[Si](C)(C)C)C(C(C)O[Si](C)(C)C)O1. The largest absolute Gasteiger partial charge is 0.503 e. The van der Waals surface area contributed by atoms with Crippen LogP contribution in [0.3, 0.4) is 0 Å². The molecular weight excluding hydrogens is 1860 g/mol. The number of rotatable bonds is 23. The lowest BCUT2D eigenvalue weighted by molar-refractivity contribution is -0.00925. The molecule has 34 nitrogen and oxygen atoms in total. The van der Waals surface area contributed by atoms with Crippen molar-refractivity contribution in [2.45, 2.75) is 454 Å². The molecule has 2 aromatic heterocycles. The van der Waals surface area contributed by atoms with E-state index >= 15 is 0 Å². The molecule has 9 aliphatic rings. The van der Waals surface area contributed by atoms with Gasteiger partial charge < -0.3 is 73.3 Å². The van der Waals surface area contributed by atoms with Gasteiger partial charge in [0, 0.05) is 53.6 Å². The molecule has 141 heavy (non-hydrogen) atoms. The highest BCUT2D eigenvalue weighted by Crippen LogP contribution is 2.39. The van der Waals surface area contributed by atoms with Gasteiger partial charge in [0.2, 0.25) is 0 Å². The number of aliphatic imine (C=N–C) groups is 8. The molecule has 1 fully saturated rings. The van der Waals surface area contributed by atoms with E-state index in [0.717, 1.165) is 11.4 Å². The van der Waals surface area contributed by atoms with E-state index in [1.165, 1.54) is 38.5 Å². The zero-order chi connectivity index (χ0) is 104. The van der Waals surface area contributed by atoms with Gasteiger partial charge in [-0.1, -0.05) is 306 Å². The Kier molecular flexibility index (Phi) is 56.0. The second-order valence-corrected chi connectivity index (χ2v) is 61.8. The second-order valence-electron chi connectivity index (χ2n) is 47.0. The quantitative estimate of drug-likeness (QED) is 0.0798. The Bertz CT molecular complexity index is 4010. The van der Waals surface area contributed by atoms with E-state index < -0.39 is 34.2 Å². The fourth-order valence-corrected chi connectivity index (χ4v) is 20.4. The smallest absolute Gasteiger partial charge is 0.463 e. The molecule has 0 amide bonds. The van der Waals surface area contributed by atoms with E-state index in [1.54, 1.807) is 38.0 Å². The van der Waals surface area contributed by atoms with Crippen LogP contribution in [0.4, 0.5) is 0 Å². The van der Waals surface area contributed by atoms with Gasteiger partial charge in [-0.25, -0.2) is 54.6 Å². The summed E-state index contributed by atoms with van der Waals surface area (Å²) in [5, 5.41) is 20.6. The number of nitrogens with one attached hydrogen (secondary N) is 1. The molecule has 820 valence electrons. The van der Waals surface area contributed by atoms with Crippen LogP contribution in [0.1, 0.15) is 315 Å². The fourth-order valence-electron chi connectivity index (χ4n) is 13.6.